The summed E-state index contributed by atoms with van der Waals surface area (Å²) in [5, 5.41) is 11.8. The van der Waals surface area contributed by atoms with E-state index in [2.05, 4.69) is 12.1 Å². The van der Waals surface area contributed by atoms with Crippen LogP contribution in [0.5, 0.6) is 0 Å². The summed E-state index contributed by atoms with van der Waals surface area (Å²) in [7, 11) is 0. The molecule has 1 aromatic rings. The lowest BCUT2D eigenvalue weighted by Crippen LogP contribution is -2.66. The molecule has 3 N–H and O–H groups in total. The minimum atomic E-state index is -0.760. The lowest BCUT2D eigenvalue weighted by molar-refractivity contribution is -0.189. The fraction of sp³-hybridized carbons (Fsp3) is 0.682. The van der Waals surface area contributed by atoms with Crippen LogP contribution in [0.1, 0.15) is 62.8 Å². The molecule has 5 fully saturated rings. The first-order valence-electron chi connectivity index (χ1n) is 10.1. The highest BCUT2D eigenvalue weighted by Crippen LogP contribution is 2.68. The van der Waals surface area contributed by atoms with E-state index in [1.165, 1.54) is 5.56 Å². The normalized spacial score (nSPS) is 43.7. The van der Waals surface area contributed by atoms with Gasteiger partial charge in [0.2, 0.25) is 5.91 Å². The van der Waals surface area contributed by atoms with Gasteiger partial charge in [0.15, 0.2) is 0 Å². The molecule has 0 spiro atoms. The van der Waals surface area contributed by atoms with Gasteiger partial charge in [-0.1, -0.05) is 36.8 Å². The third kappa shape index (κ3) is 2.26. The Hall–Kier alpha value is -1.06. The fourth-order valence-electron chi connectivity index (χ4n) is 7.43. The van der Waals surface area contributed by atoms with E-state index in [1.807, 2.05) is 18.2 Å². The fourth-order valence-corrected chi connectivity index (χ4v) is 8.08. The van der Waals surface area contributed by atoms with Gasteiger partial charge in [-0.05, 0) is 68.3 Å². The van der Waals surface area contributed by atoms with E-state index in [0.29, 0.717) is 18.3 Å². The van der Waals surface area contributed by atoms with Gasteiger partial charge in [-0.25, -0.2) is 0 Å². The molecule has 5 aliphatic carbocycles. The maximum atomic E-state index is 12.6. The molecule has 6 rings (SSSR count). The Bertz CT molecular complexity index is 733. The molecule has 0 aliphatic heterocycles. The number of carbonyl (C=O) groups excluding carboxylic acids is 1. The van der Waals surface area contributed by atoms with Crippen molar-refractivity contribution in [3.63, 3.8) is 0 Å². The lowest BCUT2D eigenvalue weighted by atomic mass is 9.42. The third-order valence-corrected chi connectivity index (χ3v) is 8.60. The Balaban J connectivity index is 1.63. The molecule has 5 saturated carbocycles. The molecule has 0 heterocycles. The maximum absolute atomic E-state index is 12.6. The van der Waals surface area contributed by atoms with E-state index in [4.69, 9.17) is 17.3 Å². The van der Waals surface area contributed by atoms with Gasteiger partial charge in [0.05, 0.1) is 11.0 Å². The van der Waals surface area contributed by atoms with Crippen LogP contribution >= 0.6 is 11.6 Å². The van der Waals surface area contributed by atoms with E-state index in [0.717, 1.165) is 44.9 Å². The number of amides is 1. The van der Waals surface area contributed by atoms with Gasteiger partial charge >= 0.3 is 0 Å². The van der Waals surface area contributed by atoms with Crippen LogP contribution in [0.4, 0.5) is 0 Å². The smallest absolute Gasteiger partial charge is 0.224 e. The van der Waals surface area contributed by atoms with Gasteiger partial charge in [0, 0.05) is 10.8 Å². The third-order valence-electron chi connectivity index (χ3n) is 8.16. The highest BCUT2D eigenvalue weighted by atomic mass is 35.5. The van der Waals surface area contributed by atoms with Gasteiger partial charge in [-0.15, -0.1) is 11.6 Å². The summed E-state index contributed by atoms with van der Waals surface area (Å²) < 4.78 is 0. The average Bonchev–Trinajstić information content (AvgIpc) is 2.50. The van der Waals surface area contributed by atoms with Gasteiger partial charge < -0.3 is 10.8 Å². The van der Waals surface area contributed by atoms with Crippen LogP contribution in [-0.4, -0.2) is 21.5 Å². The number of carbonyl (C=O) groups is 1. The molecule has 0 aromatic heterocycles. The zero-order valence-electron chi connectivity index (χ0n) is 15.2. The number of nitrogens with two attached hydrogens (primary N) is 1. The van der Waals surface area contributed by atoms with Gasteiger partial charge in [0.1, 0.15) is 0 Å². The molecule has 26 heavy (non-hydrogen) atoms. The molecule has 140 valence electrons. The first kappa shape index (κ1) is 17.1. The van der Waals surface area contributed by atoms with E-state index in [9.17, 15) is 9.90 Å². The quantitative estimate of drug-likeness (QED) is 0.784. The van der Waals surface area contributed by atoms with Crippen LogP contribution in [0.15, 0.2) is 30.3 Å². The number of benzene rings is 1. The van der Waals surface area contributed by atoms with Crippen LogP contribution in [-0.2, 0) is 4.79 Å². The van der Waals surface area contributed by atoms with Gasteiger partial charge in [0.25, 0.3) is 0 Å². The summed E-state index contributed by atoms with van der Waals surface area (Å²) in [5.41, 5.74) is 5.89. The topological polar surface area (TPSA) is 63.3 Å². The Labute approximate surface area is 160 Å². The van der Waals surface area contributed by atoms with Crippen LogP contribution in [0.25, 0.3) is 0 Å². The first-order chi connectivity index (χ1) is 12.4. The van der Waals surface area contributed by atoms with Crippen molar-refractivity contribution in [2.45, 2.75) is 67.8 Å². The second kappa shape index (κ2) is 5.48. The Morgan fingerprint density at radius 1 is 1.19 bits per heavy atom. The summed E-state index contributed by atoms with van der Waals surface area (Å²) >= 11 is 6.91. The maximum Gasteiger partial charge on any atom is 0.224 e. The largest absolute Gasteiger partial charge is 0.389 e. The Kier molecular flexibility index (Phi) is 3.60. The molecule has 6 atom stereocenters. The number of rotatable bonds is 4. The number of primary amides is 1. The molecule has 1 amide bonds. The number of hydrogen-bond donors (Lipinski definition) is 2. The summed E-state index contributed by atoms with van der Waals surface area (Å²) in [5.74, 6) is 0.825. The minimum absolute atomic E-state index is 0.00483. The molecule has 5 aliphatic rings. The molecule has 3 nitrogen and oxygen atoms in total. The molecular weight excluding hydrogens is 346 g/mol. The van der Waals surface area contributed by atoms with E-state index in [-0.39, 0.29) is 22.6 Å². The molecular formula is C22H28ClNO2. The van der Waals surface area contributed by atoms with Crippen LogP contribution in [0.2, 0.25) is 0 Å². The molecule has 0 unspecified atom stereocenters. The van der Waals surface area contributed by atoms with Crippen molar-refractivity contribution in [1.82, 2.24) is 0 Å². The highest BCUT2D eigenvalue weighted by molar-refractivity contribution is 6.24. The van der Waals surface area contributed by atoms with Crippen molar-refractivity contribution in [2.24, 2.45) is 28.9 Å². The van der Waals surface area contributed by atoms with Crippen molar-refractivity contribution in [3.05, 3.63) is 35.9 Å². The predicted octanol–water partition coefficient (Wildman–Crippen LogP) is 3.97. The number of hydrogen-bond acceptors (Lipinski definition) is 2. The molecule has 0 saturated heterocycles. The van der Waals surface area contributed by atoms with Crippen molar-refractivity contribution in [1.29, 1.82) is 0 Å². The summed E-state index contributed by atoms with van der Waals surface area (Å²) in [6.45, 7) is 0. The van der Waals surface area contributed by atoms with Crippen molar-refractivity contribution < 1.29 is 9.90 Å². The van der Waals surface area contributed by atoms with Crippen molar-refractivity contribution in [2.75, 3.05) is 0 Å². The van der Waals surface area contributed by atoms with E-state index in [1.54, 1.807) is 0 Å². The molecule has 1 aromatic carbocycles. The predicted molar refractivity (Wildman–Crippen MR) is 102 cm³/mol. The first-order valence-corrected chi connectivity index (χ1v) is 10.5. The molecule has 4 bridgehead atoms. The summed E-state index contributed by atoms with van der Waals surface area (Å²) in [6, 6.07) is 10.3. The monoisotopic (exact) mass is 373 g/mol. The molecule has 0 radical (unpaired) electrons. The standard InChI is InChI=1S/C22H28ClNO2/c23-20-10-14-9-16(12-20)18(22(26,11-14)13-20)17(15-5-2-1-3-6-15)21(19(24)25)7-4-8-21/h1-3,5-6,14,16-18,26H,4,7-13H2,(H2,24,25)/t14-,16+,17+,18-,20+,22+/m1/s1. The lowest BCUT2D eigenvalue weighted by Gasteiger charge is -2.65. The van der Waals surface area contributed by atoms with E-state index < -0.39 is 11.0 Å². The summed E-state index contributed by atoms with van der Waals surface area (Å²) in [6.07, 6.45) is 7.38. The number of halogens is 1. The van der Waals surface area contributed by atoms with Crippen molar-refractivity contribution >= 4 is 17.5 Å². The van der Waals surface area contributed by atoms with Crippen LogP contribution in [0, 0.1) is 23.2 Å². The number of aliphatic hydroxyl groups is 1. The summed E-state index contributed by atoms with van der Waals surface area (Å²) in [4.78, 5) is 12.4. The average molecular weight is 374 g/mol. The Morgan fingerprint density at radius 3 is 2.46 bits per heavy atom. The molecule has 4 heteroatoms. The zero-order chi connectivity index (χ0) is 18.2. The van der Waals surface area contributed by atoms with Crippen LogP contribution < -0.4 is 5.73 Å². The second-order valence-corrected chi connectivity index (χ2v) is 10.5. The van der Waals surface area contributed by atoms with Crippen molar-refractivity contribution in [3.8, 4) is 0 Å². The number of alkyl halides is 1. The van der Waals surface area contributed by atoms with Gasteiger partial charge in [-0.3, -0.25) is 4.79 Å². The Morgan fingerprint density at radius 2 is 1.92 bits per heavy atom. The van der Waals surface area contributed by atoms with Crippen LogP contribution in [0.3, 0.4) is 0 Å². The minimum Gasteiger partial charge on any atom is -0.389 e. The zero-order valence-corrected chi connectivity index (χ0v) is 15.9. The van der Waals surface area contributed by atoms with E-state index >= 15 is 0 Å². The SMILES string of the molecule is NC(=O)C1([C@@H](c2ccccc2)[C@H]2[C@H]3C[C@@H]4C[C@](Cl)(C3)C[C@@]2(O)C4)CCC1. The second-order valence-electron chi connectivity index (χ2n) is 9.69. The van der Waals surface area contributed by atoms with Gasteiger partial charge in [-0.2, -0.15) is 0 Å². The highest BCUT2D eigenvalue weighted by Gasteiger charge is 2.66.